The molecular formula is C22H27Cl2N3O2S. The predicted molar refractivity (Wildman–Crippen MR) is 129 cm³/mol. The highest BCUT2D eigenvalue weighted by Gasteiger charge is 2.22. The van der Waals surface area contributed by atoms with Gasteiger partial charge in [0.1, 0.15) is 5.75 Å². The number of anilines is 1. The Morgan fingerprint density at radius 1 is 1.13 bits per heavy atom. The number of fused-ring (bicyclic) bond motifs is 1. The van der Waals surface area contributed by atoms with Gasteiger partial charge in [-0.05, 0) is 62.0 Å². The summed E-state index contributed by atoms with van der Waals surface area (Å²) in [7, 11) is 1.61. The molecule has 0 N–H and O–H groups in total. The van der Waals surface area contributed by atoms with Gasteiger partial charge in [-0.1, -0.05) is 36.8 Å². The summed E-state index contributed by atoms with van der Waals surface area (Å²) in [6.07, 6.45) is 0. The first kappa shape index (κ1) is 24.4. The molecule has 0 aliphatic rings. The van der Waals surface area contributed by atoms with E-state index < -0.39 is 0 Å². The number of nitrogens with zero attached hydrogens (tertiary/aromatic N) is 3. The zero-order valence-electron chi connectivity index (χ0n) is 17.6. The van der Waals surface area contributed by atoms with Gasteiger partial charge in [-0.3, -0.25) is 9.69 Å². The Labute approximate surface area is 193 Å². The number of amides is 1. The van der Waals surface area contributed by atoms with Crippen LogP contribution in [0.25, 0.3) is 10.2 Å². The molecule has 0 saturated heterocycles. The SMILES string of the molecule is CCN(CC)CCN(C(=O)c1ccc(OC)cc1)c1nc2c(C)cc(Cl)cc2s1.Cl. The van der Waals surface area contributed by atoms with E-state index in [1.54, 1.807) is 36.3 Å². The lowest BCUT2D eigenvalue weighted by molar-refractivity contribution is 0.0983. The molecule has 30 heavy (non-hydrogen) atoms. The van der Waals surface area contributed by atoms with Crippen LogP contribution in [0.1, 0.15) is 29.8 Å². The van der Waals surface area contributed by atoms with E-state index in [9.17, 15) is 4.79 Å². The Morgan fingerprint density at radius 2 is 1.80 bits per heavy atom. The molecule has 0 fully saturated rings. The molecule has 3 rings (SSSR count). The van der Waals surface area contributed by atoms with Crippen LogP contribution in [0.15, 0.2) is 36.4 Å². The van der Waals surface area contributed by atoms with Crippen LogP contribution in [0.4, 0.5) is 5.13 Å². The number of aromatic nitrogens is 1. The Kier molecular flexibility index (Phi) is 8.92. The Balaban J connectivity index is 0.00000320. The quantitative estimate of drug-likeness (QED) is 0.427. The highest BCUT2D eigenvalue weighted by molar-refractivity contribution is 7.22. The van der Waals surface area contributed by atoms with Gasteiger partial charge < -0.3 is 9.64 Å². The number of thiazole rings is 1. The average molecular weight is 468 g/mol. The third-order valence-corrected chi connectivity index (χ3v) is 6.23. The van der Waals surface area contributed by atoms with Gasteiger partial charge in [0.15, 0.2) is 5.13 Å². The summed E-state index contributed by atoms with van der Waals surface area (Å²) in [5, 5.41) is 1.37. The Hall–Kier alpha value is -1.86. The smallest absolute Gasteiger partial charge is 0.260 e. The number of methoxy groups -OCH3 is 1. The second-order valence-corrected chi connectivity index (χ2v) is 8.22. The molecule has 0 atom stereocenters. The maximum absolute atomic E-state index is 13.4. The number of halogens is 2. The van der Waals surface area contributed by atoms with Gasteiger partial charge in [-0.25, -0.2) is 4.98 Å². The van der Waals surface area contributed by atoms with Crippen LogP contribution in [-0.4, -0.2) is 49.1 Å². The molecule has 0 bridgehead atoms. The highest BCUT2D eigenvalue weighted by Crippen LogP contribution is 2.33. The number of carbonyl (C=O) groups is 1. The van der Waals surface area contributed by atoms with Crippen molar-refractivity contribution >= 4 is 56.6 Å². The lowest BCUT2D eigenvalue weighted by Gasteiger charge is -2.24. The lowest BCUT2D eigenvalue weighted by Crippen LogP contribution is -2.38. The molecule has 5 nitrogen and oxygen atoms in total. The molecule has 0 aliphatic carbocycles. The van der Waals surface area contributed by atoms with Crippen LogP contribution in [-0.2, 0) is 0 Å². The molecule has 8 heteroatoms. The summed E-state index contributed by atoms with van der Waals surface area (Å²) < 4.78 is 6.20. The van der Waals surface area contributed by atoms with Crippen molar-refractivity contribution < 1.29 is 9.53 Å². The molecule has 0 unspecified atom stereocenters. The fourth-order valence-electron chi connectivity index (χ4n) is 3.21. The monoisotopic (exact) mass is 467 g/mol. The summed E-state index contributed by atoms with van der Waals surface area (Å²) in [5.74, 6) is 0.657. The molecule has 162 valence electrons. The van der Waals surface area contributed by atoms with Gasteiger partial charge in [0.2, 0.25) is 0 Å². The van der Waals surface area contributed by atoms with E-state index in [0.29, 0.717) is 22.3 Å². The fourth-order valence-corrected chi connectivity index (χ4v) is 4.66. The average Bonchev–Trinajstić information content (AvgIpc) is 3.15. The van der Waals surface area contributed by atoms with Crippen LogP contribution >= 0.6 is 35.3 Å². The minimum atomic E-state index is -0.0670. The summed E-state index contributed by atoms with van der Waals surface area (Å²) in [5.41, 5.74) is 2.51. The first-order chi connectivity index (χ1) is 14.0. The number of likely N-dealkylation sites (N-methyl/N-ethyl adjacent to an activating group) is 1. The third kappa shape index (κ3) is 5.43. The number of hydrogen-bond acceptors (Lipinski definition) is 5. The van der Waals surface area contributed by atoms with E-state index in [4.69, 9.17) is 21.3 Å². The largest absolute Gasteiger partial charge is 0.497 e. The van der Waals surface area contributed by atoms with Crippen LogP contribution in [0.3, 0.4) is 0 Å². The number of benzene rings is 2. The Morgan fingerprint density at radius 3 is 2.40 bits per heavy atom. The molecule has 0 saturated carbocycles. The van der Waals surface area contributed by atoms with E-state index in [2.05, 4.69) is 18.7 Å². The second kappa shape index (κ2) is 11.0. The maximum atomic E-state index is 13.4. The third-order valence-electron chi connectivity index (χ3n) is 4.99. The van der Waals surface area contributed by atoms with Crippen molar-refractivity contribution in [3.63, 3.8) is 0 Å². The van der Waals surface area contributed by atoms with Crippen molar-refractivity contribution in [2.75, 3.05) is 38.2 Å². The van der Waals surface area contributed by atoms with Gasteiger partial charge >= 0.3 is 0 Å². The van der Waals surface area contributed by atoms with Crippen LogP contribution < -0.4 is 9.64 Å². The van der Waals surface area contributed by atoms with Gasteiger partial charge in [0, 0.05) is 23.7 Å². The summed E-state index contributed by atoms with van der Waals surface area (Å²) in [6.45, 7) is 9.47. The van der Waals surface area contributed by atoms with Crippen LogP contribution in [0.5, 0.6) is 5.75 Å². The summed E-state index contributed by atoms with van der Waals surface area (Å²) in [4.78, 5) is 22.2. The van der Waals surface area contributed by atoms with Crippen molar-refractivity contribution in [1.29, 1.82) is 0 Å². The number of rotatable bonds is 8. The fraction of sp³-hybridized carbons (Fsp3) is 0.364. The van der Waals surface area contributed by atoms with Crippen molar-refractivity contribution in [1.82, 2.24) is 9.88 Å². The predicted octanol–water partition coefficient (Wildman–Crippen LogP) is 5.68. The minimum Gasteiger partial charge on any atom is -0.497 e. The van der Waals surface area contributed by atoms with E-state index in [1.165, 1.54) is 11.3 Å². The summed E-state index contributed by atoms with van der Waals surface area (Å²) >= 11 is 7.72. The molecule has 0 aliphatic heterocycles. The molecule has 3 aromatic rings. The topological polar surface area (TPSA) is 45.7 Å². The van der Waals surface area contributed by atoms with Crippen LogP contribution in [0.2, 0.25) is 5.02 Å². The van der Waals surface area contributed by atoms with Crippen molar-refractivity contribution in [2.24, 2.45) is 0 Å². The molecule has 0 spiro atoms. The Bertz CT molecular complexity index is 988. The standard InChI is InChI=1S/C22H26ClN3O2S.ClH/c1-5-25(6-2)11-12-26(21(27)16-7-9-18(28-4)10-8-16)22-24-20-15(3)13-17(23)14-19(20)29-22;/h7-10,13-14H,5-6,11-12H2,1-4H3;1H. The van der Waals surface area contributed by atoms with Gasteiger partial charge in [-0.2, -0.15) is 0 Å². The number of carbonyl (C=O) groups excluding carboxylic acids is 1. The zero-order valence-corrected chi connectivity index (χ0v) is 20.0. The molecule has 1 aromatic heterocycles. The lowest BCUT2D eigenvalue weighted by atomic mass is 10.2. The highest BCUT2D eigenvalue weighted by atomic mass is 35.5. The molecule has 1 amide bonds. The molecule has 1 heterocycles. The first-order valence-corrected chi connectivity index (χ1v) is 10.9. The van der Waals surface area contributed by atoms with Crippen molar-refractivity contribution in [3.05, 3.63) is 52.5 Å². The second-order valence-electron chi connectivity index (χ2n) is 6.78. The van der Waals surface area contributed by atoms with Crippen molar-refractivity contribution in [2.45, 2.75) is 20.8 Å². The van der Waals surface area contributed by atoms with E-state index in [0.717, 1.165) is 41.2 Å². The maximum Gasteiger partial charge on any atom is 0.260 e. The van der Waals surface area contributed by atoms with E-state index in [1.807, 2.05) is 19.1 Å². The first-order valence-electron chi connectivity index (χ1n) is 9.71. The van der Waals surface area contributed by atoms with E-state index >= 15 is 0 Å². The summed E-state index contributed by atoms with van der Waals surface area (Å²) in [6, 6.07) is 11.0. The molecular weight excluding hydrogens is 441 g/mol. The van der Waals surface area contributed by atoms with Gasteiger partial charge in [0.05, 0.1) is 17.3 Å². The minimum absolute atomic E-state index is 0. The normalized spacial score (nSPS) is 10.9. The van der Waals surface area contributed by atoms with Crippen molar-refractivity contribution in [3.8, 4) is 5.75 Å². The number of hydrogen-bond donors (Lipinski definition) is 0. The van der Waals surface area contributed by atoms with Crippen LogP contribution in [0, 0.1) is 6.92 Å². The van der Waals surface area contributed by atoms with Gasteiger partial charge in [-0.15, -0.1) is 12.4 Å². The molecule has 2 aromatic carbocycles. The number of aryl methyl sites for hydroxylation is 1. The van der Waals surface area contributed by atoms with Gasteiger partial charge in [0.25, 0.3) is 5.91 Å². The zero-order chi connectivity index (χ0) is 21.0. The number of ether oxygens (including phenoxy) is 1. The molecule has 0 radical (unpaired) electrons. The van der Waals surface area contributed by atoms with E-state index in [-0.39, 0.29) is 18.3 Å².